The van der Waals surface area contributed by atoms with Crippen molar-refractivity contribution in [2.24, 2.45) is 0 Å². The summed E-state index contributed by atoms with van der Waals surface area (Å²) in [6, 6.07) is 11.0. The zero-order valence-corrected chi connectivity index (χ0v) is 14.5. The van der Waals surface area contributed by atoms with Crippen LogP contribution in [-0.2, 0) is 9.59 Å². The predicted octanol–water partition coefficient (Wildman–Crippen LogP) is 3.75. The number of carboxylic acids is 1. The van der Waals surface area contributed by atoms with Crippen molar-refractivity contribution in [2.75, 3.05) is 10.6 Å². The van der Waals surface area contributed by atoms with Crippen LogP contribution >= 0.6 is 11.3 Å². The number of hydrogen-bond acceptors (Lipinski definition) is 6. The zero-order valence-electron chi connectivity index (χ0n) is 13.7. The van der Waals surface area contributed by atoms with Crippen molar-refractivity contribution in [1.29, 1.82) is 0 Å². The Labute approximate surface area is 153 Å². The van der Waals surface area contributed by atoms with E-state index >= 15 is 0 Å². The van der Waals surface area contributed by atoms with Crippen molar-refractivity contribution >= 4 is 39.7 Å². The van der Waals surface area contributed by atoms with Gasteiger partial charge in [-0.3, -0.25) is 14.6 Å². The molecule has 26 heavy (non-hydrogen) atoms. The number of hydrogen-bond donors (Lipinski definition) is 3. The van der Waals surface area contributed by atoms with Gasteiger partial charge in [-0.1, -0.05) is 6.07 Å². The average molecular weight is 368 g/mol. The third kappa shape index (κ3) is 4.87. The monoisotopic (exact) mass is 368 g/mol. The molecule has 0 atom stereocenters. The van der Waals surface area contributed by atoms with E-state index in [4.69, 9.17) is 5.11 Å². The SMILES string of the molecule is O=C(O)CCC(=O)Nc1cccc(Nc2nc(-c3ccncc3)cs2)c1. The summed E-state index contributed by atoms with van der Waals surface area (Å²) >= 11 is 1.48. The van der Waals surface area contributed by atoms with Gasteiger partial charge in [0.05, 0.1) is 12.1 Å². The van der Waals surface area contributed by atoms with Gasteiger partial charge >= 0.3 is 5.97 Å². The lowest BCUT2D eigenvalue weighted by Gasteiger charge is -2.07. The summed E-state index contributed by atoms with van der Waals surface area (Å²) in [5.41, 5.74) is 3.22. The third-order valence-corrected chi connectivity index (χ3v) is 4.20. The first-order valence-corrected chi connectivity index (χ1v) is 8.73. The number of anilines is 3. The molecule has 0 spiro atoms. The van der Waals surface area contributed by atoms with Crippen molar-refractivity contribution in [2.45, 2.75) is 12.8 Å². The van der Waals surface area contributed by atoms with E-state index in [1.54, 1.807) is 30.6 Å². The lowest BCUT2D eigenvalue weighted by Crippen LogP contribution is -2.13. The average Bonchev–Trinajstić information content (AvgIpc) is 3.09. The minimum atomic E-state index is -0.996. The number of thiazole rings is 1. The fourth-order valence-corrected chi connectivity index (χ4v) is 2.97. The van der Waals surface area contributed by atoms with Gasteiger partial charge in [0.25, 0.3) is 0 Å². The molecule has 0 unspecified atom stereocenters. The van der Waals surface area contributed by atoms with Crippen LogP contribution in [0.25, 0.3) is 11.3 Å². The van der Waals surface area contributed by atoms with Gasteiger partial charge in [-0.05, 0) is 30.3 Å². The van der Waals surface area contributed by atoms with Gasteiger partial charge in [0, 0.05) is 41.1 Å². The van der Waals surface area contributed by atoms with Crippen molar-refractivity contribution < 1.29 is 14.7 Å². The number of pyridine rings is 1. The van der Waals surface area contributed by atoms with Gasteiger partial charge in [-0.2, -0.15) is 0 Å². The highest BCUT2D eigenvalue weighted by Gasteiger charge is 2.08. The molecule has 0 bridgehead atoms. The fourth-order valence-electron chi connectivity index (χ4n) is 2.23. The Bertz CT molecular complexity index is 912. The number of nitrogens with zero attached hydrogens (tertiary/aromatic N) is 2. The minimum Gasteiger partial charge on any atom is -0.481 e. The van der Waals surface area contributed by atoms with Crippen LogP contribution in [0.15, 0.2) is 54.2 Å². The molecular weight excluding hydrogens is 352 g/mol. The van der Waals surface area contributed by atoms with E-state index in [-0.39, 0.29) is 18.7 Å². The van der Waals surface area contributed by atoms with E-state index in [1.807, 2.05) is 23.6 Å². The lowest BCUT2D eigenvalue weighted by molar-refractivity contribution is -0.138. The molecule has 0 aliphatic rings. The molecule has 1 aromatic carbocycles. The van der Waals surface area contributed by atoms with Crippen molar-refractivity contribution in [3.05, 3.63) is 54.2 Å². The fraction of sp³-hybridized carbons (Fsp3) is 0.111. The molecule has 0 aliphatic carbocycles. The first-order chi connectivity index (χ1) is 12.6. The normalized spacial score (nSPS) is 10.3. The minimum absolute atomic E-state index is 0.0608. The van der Waals surface area contributed by atoms with Crippen LogP contribution in [0.3, 0.4) is 0 Å². The van der Waals surface area contributed by atoms with Crippen LogP contribution < -0.4 is 10.6 Å². The number of aromatic nitrogens is 2. The number of rotatable bonds is 7. The smallest absolute Gasteiger partial charge is 0.303 e. The molecule has 0 radical (unpaired) electrons. The highest BCUT2D eigenvalue weighted by atomic mass is 32.1. The largest absolute Gasteiger partial charge is 0.481 e. The molecule has 3 N–H and O–H groups in total. The second kappa shape index (κ2) is 8.21. The molecular formula is C18H16N4O3S. The predicted molar refractivity (Wildman–Crippen MR) is 101 cm³/mol. The summed E-state index contributed by atoms with van der Waals surface area (Å²) in [4.78, 5) is 30.8. The standard InChI is InChI=1S/C18H16N4O3S/c23-16(4-5-17(24)25)20-13-2-1-3-14(10-13)21-18-22-15(11-26-18)12-6-8-19-9-7-12/h1-3,6-11H,4-5H2,(H,20,23)(H,21,22)(H,24,25). The van der Waals surface area contributed by atoms with Crippen molar-refractivity contribution in [1.82, 2.24) is 9.97 Å². The topological polar surface area (TPSA) is 104 Å². The number of carbonyl (C=O) groups is 2. The molecule has 7 nitrogen and oxygen atoms in total. The number of nitrogens with one attached hydrogen (secondary N) is 2. The molecule has 2 aromatic heterocycles. The number of benzene rings is 1. The first-order valence-electron chi connectivity index (χ1n) is 7.85. The number of carboxylic acid groups (broad SMARTS) is 1. The van der Waals surface area contributed by atoms with E-state index in [1.165, 1.54) is 11.3 Å². The maximum atomic E-state index is 11.7. The molecule has 1 amide bonds. The summed E-state index contributed by atoms with van der Waals surface area (Å²) < 4.78 is 0. The van der Waals surface area contributed by atoms with E-state index in [0.717, 1.165) is 22.1 Å². The Hall–Kier alpha value is -3.26. The maximum Gasteiger partial charge on any atom is 0.303 e. The number of carbonyl (C=O) groups excluding carboxylic acids is 1. The quantitative estimate of drug-likeness (QED) is 0.587. The second-order valence-electron chi connectivity index (χ2n) is 5.42. The van der Waals surface area contributed by atoms with Crippen molar-refractivity contribution in [3.8, 4) is 11.3 Å². The summed E-state index contributed by atoms with van der Waals surface area (Å²) in [5.74, 6) is -1.33. The van der Waals surface area contributed by atoms with E-state index in [0.29, 0.717) is 5.69 Å². The van der Waals surface area contributed by atoms with Gasteiger partial charge in [0.15, 0.2) is 5.13 Å². The van der Waals surface area contributed by atoms with Crippen LogP contribution in [0.1, 0.15) is 12.8 Å². The van der Waals surface area contributed by atoms with Crippen LogP contribution in [0.2, 0.25) is 0 Å². The maximum absolute atomic E-state index is 11.7. The van der Waals surface area contributed by atoms with E-state index in [2.05, 4.69) is 20.6 Å². The third-order valence-electron chi connectivity index (χ3n) is 3.44. The number of aliphatic carboxylic acids is 1. The van der Waals surface area contributed by atoms with E-state index in [9.17, 15) is 9.59 Å². The summed E-state index contributed by atoms with van der Waals surface area (Å²) in [7, 11) is 0. The van der Waals surface area contributed by atoms with Crippen molar-refractivity contribution in [3.63, 3.8) is 0 Å². The molecule has 8 heteroatoms. The summed E-state index contributed by atoms with van der Waals surface area (Å²) in [6.07, 6.45) is 3.19. The Kier molecular flexibility index (Phi) is 5.55. The van der Waals surface area contributed by atoms with Crippen LogP contribution in [0.4, 0.5) is 16.5 Å². The first kappa shape index (κ1) is 17.6. The molecule has 0 saturated carbocycles. The summed E-state index contributed by atoms with van der Waals surface area (Å²) in [6.45, 7) is 0. The Morgan fingerprint density at radius 3 is 2.62 bits per heavy atom. The van der Waals surface area contributed by atoms with Gasteiger partial charge in [-0.25, -0.2) is 4.98 Å². The summed E-state index contributed by atoms with van der Waals surface area (Å²) in [5, 5.41) is 17.2. The molecule has 0 fully saturated rings. The highest BCUT2D eigenvalue weighted by molar-refractivity contribution is 7.14. The molecule has 132 valence electrons. The zero-order chi connectivity index (χ0) is 18.4. The molecule has 0 aliphatic heterocycles. The van der Waals surface area contributed by atoms with Gasteiger partial charge in [0.2, 0.25) is 5.91 Å². The molecule has 2 heterocycles. The Balaban J connectivity index is 1.65. The van der Waals surface area contributed by atoms with Crippen LogP contribution in [-0.4, -0.2) is 27.0 Å². The Morgan fingerprint density at radius 2 is 1.85 bits per heavy atom. The number of amides is 1. The van der Waals surface area contributed by atoms with Crippen LogP contribution in [0.5, 0.6) is 0 Å². The van der Waals surface area contributed by atoms with E-state index < -0.39 is 5.97 Å². The molecule has 3 aromatic rings. The molecule has 3 rings (SSSR count). The van der Waals surface area contributed by atoms with Gasteiger partial charge < -0.3 is 15.7 Å². The molecule has 0 saturated heterocycles. The highest BCUT2D eigenvalue weighted by Crippen LogP contribution is 2.27. The van der Waals surface area contributed by atoms with Gasteiger partial charge in [-0.15, -0.1) is 11.3 Å². The van der Waals surface area contributed by atoms with Crippen LogP contribution in [0, 0.1) is 0 Å². The van der Waals surface area contributed by atoms with Gasteiger partial charge in [0.1, 0.15) is 0 Å². The lowest BCUT2D eigenvalue weighted by atomic mass is 10.2. The second-order valence-corrected chi connectivity index (χ2v) is 6.28. The Morgan fingerprint density at radius 1 is 1.08 bits per heavy atom.